The van der Waals surface area contributed by atoms with Gasteiger partial charge in [-0.1, -0.05) is 26.2 Å². The Bertz CT molecular complexity index is 620. The van der Waals surface area contributed by atoms with E-state index in [1.807, 2.05) is 0 Å². The van der Waals surface area contributed by atoms with Gasteiger partial charge in [-0.15, -0.1) is 0 Å². The fraction of sp³-hybridized carbons (Fsp3) is 1.00. The molecule has 1 N–H and O–H groups in total. The summed E-state index contributed by atoms with van der Waals surface area (Å²) in [7, 11) is -9.30. The molecule has 0 aliphatic heterocycles. The highest BCUT2D eigenvalue weighted by molar-refractivity contribution is 8.13. The third-order valence-electron chi connectivity index (χ3n) is 3.07. The van der Waals surface area contributed by atoms with E-state index in [0.717, 1.165) is 28.2 Å². The molecule has 0 spiro atoms. The van der Waals surface area contributed by atoms with Crippen molar-refractivity contribution in [2.75, 3.05) is 40.6 Å². The predicted molar refractivity (Wildman–Crippen MR) is 92.3 cm³/mol. The molecule has 0 aromatic carbocycles. The van der Waals surface area contributed by atoms with Crippen LogP contribution in [-0.2, 0) is 24.8 Å². The van der Waals surface area contributed by atoms with Crippen LogP contribution in [0.1, 0.15) is 32.6 Å². The largest absolute Gasteiger partial charge is 0.480 e. The first-order valence-electron chi connectivity index (χ1n) is 8.20. The number of likely N-dealkylation sites (N-methyl/N-ethyl adjacent to an activating group) is 1. The van der Waals surface area contributed by atoms with Crippen LogP contribution in [0.5, 0.6) is 0 Å². The van der Waals surface area contributed by atoms with E-state index in [2.05, 4.69) is 21.0 Å². The van der Waals surface area contributed by atoms with Crippen LogP contribution in [0.25, 0.3) is 4.13 Å². The number of unbranched alkanes of at least 4 members (excludes halogenated alkanes) is 3. The van der Waals surface area contributed by atoms with Crippen molar-refractivity contribution in [1.82, 2.24) is 0 Å². The summed E-state index contributed by atoms with van der Waals surface area (Å²) < 4.78 is 115. The number of quaternary nitrogens is 1. The lowest BCUT2D eigenvalue weighted by atomic mass is 10.2. The standard InChI is InChI=1S/C11H26NO2.C2F6NO4S2/c1-4-5-6-7-10-14-11-12(2,3)8-9-13;3-1(4,5)14(10,11)9-15(12,13)2(6,7)8/h13H,4-11H2,1-3H3;/q+1;-1. The second kappa shape index (κ2) is 12.2. The number of rotatable bonds is 11. The molecule has 0 aliphatic rings. The van der Waals surface area contributed by atoms with Crippen molar-refractivity contribution >= 4 is 20.0 Å². The Kier molecular flexibility index (Phi) is 12.9. The maximum absolute atomic E-state index is 11.4. The van der Waals surface area contributed by atoms with E-state index in [0.29, 0.717) is 6.73 Å². The molecule has 0 radical (unpaired) electrons. The molecular weight excluding hydrogens is 458 g/mol. The van der Waals surface area contributed by atoms with Gasteiger partial charge in [0.25, 0.3) is 0 Å². The number of halogens is 6. The van der Waals surface area contributed by atoms with Gasteiger partial charge >= 0.3 is 11.0 Å². The van der Waals surface area contributed by atoms with Crippen molar-refractivity contribution in [3.05, 3.63) is 4.13 Å². The van der Waals surface area contributed by atoms with E-state index < -0.39 is 31.1 Å². The molecule has 0 aliphatic carbocycles. The highest BCUT2D eigenvalue weighted by Crippen LogP contribution is 2.36. The number of hydrogen-bond donors (Lipinski definition) is 1. The smallest absolute Gasteiger partial charge is 0.421 e. The van der Waals surface area contributed by atoms with Crippen LogP contribution in [0.3, 0.4) is 0 Å². The summed E-state index contributed by atoms with van der Waals surface area (Å²) in [6.07, 6.45) is 5.00. The lowest BCUT2D eigenvalue weighted by Gasteiger charge is -2.28. The van der Waals surface area contributed by atoms with Gasteiger partial charge in [-0.25, -0.2) is 16.8 Å². The van der Waals surface area contributed by atoms with E-state index in [4.69, 9.17) is 9.84 Å². The molecule has 0 atom stereocenters. The van der Waals surface area contributed by atoms with Gasteiger partial charge in [0.15, 0.2) is 26.8 Å². The Morgan fingerprint density at radius 2 is 1.34 bits per heavy atom. The van der Waals surface area contributed by atoms with Gasteiger partial charge in [0.2, 0.25) is 0 Å². The topological polar surface area (TPSA) is 112 Å². The van der Waals surface area contributed by atoms with E-state index in [-0.39, 0.29) is 6.61 Å². The number of hydrogen-bond acceptors (Lipinski definition) is 6. The zero-order valence-electron chi connectivity index (χ0n) is 16.1. The van der Waals surface area contributed by atoms with Crippen molar-refractivity contribution in [2.45, 2.75) is 43.6 Å². The number of ether oxygens (including phenoxy) is 1. The maximum Gasteiger partial charge on any atom is 0.480 e. The third kappa shape index (κ3) is 13.3. The summed E-state index contributed by atoms with van der Waals surface area (Å²) >= 11 is 0. The molecule has 0 unspecified atom stereocenters. The normalized spacial score (nSPS) is 13.7. The third-order valence-corrected chi connectivity index (χ3v) is 5.81. The van der Waals surface area contributed by atoms with Crippen molar-refractivity contribution < 1.29 is 57.5 Å². The van der Waals surface area contributed by atoms with E-state index >= 15 is 0 Å². The van der Waals surface area contributed by atoms with Crippen LogP contribution in [0, 0.1) is 0 Å². The van der Waals surface area contributed by atoms with E-state index in [9.17, 15) is 43.2 Å². The molecule has 0 fully saturated rings. The van der Waals surface area contributed by atoms with Crippen LogP contribution in [0.15, 0.2) is 0 Å². The minimum Gasteiger partial charge on any atom is -0.421 e. The summed E-state index contributed by atoms with van der Waals surface area (Å²) in [6, 6.07) is 0. The highest BCUT2D eigenvalue weighted by Gasteiger charge is 2.46. The van der Waals surface area contributed by atoms with Gasteiger partial charge < -0.3 is 18.5 Å². The van der Waals surface area contributed by atoms with Crippen LogP contribution in [0.4, 0.5) is 26.3 Å². The van der Waals surface area contributed by atoms with Gasteiger partial charge in [-0.2, -0.15) is 26.3 Å². The Morgan fingerprint density at radius 3 is 1.69 bits per heavy atom. The van der Waals surface area contributed by atoms with Gasteiger partial charge in [0.05, 0.1) is 27.3 Å². The molecule has 8 nitrogen and oxygen atoms in total. The minimum absolute atomic E-state index is 0.228. The van der Waals surface area contributed by atoms with Crippen LogP contribution < -0.4 is 0 Å². The van der Waals surface area contributed by atoms with Gasteiger partial charge in [-0.05, 0) is 6.42 Å². The predicted octanol–water partition coefficient (Wildman–Crippen LogP) is 2.67. The monoisotopic (exact) mass is 484 g/mol. The molecule has 16 heteroatoms. The Morgan fingerprint density at radius 1 is 0.897 bits per heavy atom. The molecular formula is C13H26F6N2O6S2. The Labute approximate surface area is 166 Å². The molecule has 0 saturated carbocycles. The molecule has 0 bridgehead atoms. The summed E-state index contributed by atoms with van der Waals surface area (Å²) in [6.45, 7) is 4.75. The first-order valence-corrected chi connectivity index (χ1v) is 11.1. The number of nitrogens with zero attached hydrogens (tertiary/aromatic N) is 2. The first-order chi connectivity index (χ1) is 12.8. The fourth-order valence-corrected chi connectivity index (χ4v) is 3.20. The second-order valence-corrected chi connectivity index (χ2v) is 9.82. The SMILES string of the molecule is CCCCCCOC[N+](C)(C)CCO.O=S(=O)([N-]S(=O)(=O)C(F)(F)F)C(F)(F)F. The second-order valence-electron chi connectivity index (χ2n) is 6.40. The zero-order valence-corrected chi connectivity index (χ0v) is 17.8. The van der Waals surface area contributed by atoms with Crippen molar-refractivity contribution in [1.29, 1.82) is 0 Å². The van der Waals surface area contributed by atoms with Crippen LogP contribution in [-0.4, -0.2) is 78.0 Å². The molecule has 0 heterocycles. The molecule has 178 valence electrons. The maximum atomic E-state index is 11.4. The average molecular weight is 484 g/mol. The highest BCUT2D eigenvalue weighted by atomic mass is 32.3. The summed E-state index contributed by atoms with van der Waals surface area (Å²) in [5.74, 6) is 0. The Hall–Kier alpha value is -0.680. The summed E-state index contributed by atoms with van der Waals surface area (Å²) in [4.78, 5) is 0. The number of alkyl halides is 6. The minimum atomic E-state index is -6.72. The van der Waals surface area contributed by atoms with Crippen LogP contribution >= 0.6 is 0 Å². The van der Waals surface area contributed by atoms with Gasteiger partial charge in [0.1, 0.15) is 6.54 Å². The number of aliphatic hydroxyl groups is 1. The number of aliphatic hydroxyl groups excluding tert-OH is 1. The lowest BCUT2D eigenvalue weighted by molar-refractivity contribution is -0.910. The van der Waals surface area contributed by atoms with Crippen molar-refractivity contribution in [2.24, 2.45) is 0 Å². The number of sulfonamides is 2. The molecule has 0 aromatic heterocycles. The van der Waals surface area contributed by atoms with Crippen molar-refractivity contribution in [3.63, 3.8) is 0 Å². The molecule has 29 heavy (non-hydrogen) atoms. The zero-order chi connectivity index (χ0) is 23.6. The summed E-state index contributed by atoms with van der Waals surface area (Å²) in [5, 5.41) is 8.80. The van der Waals surface area contributed by atoms with Gasteiger partial charge in [-0.3, -0.25) is 0 Å². The molecule has 0 amide bonds. The first kappa shape index (κ1) is 30.5. The average Bonchev–Trinajstić information content (AvgIpc) is 2.48. The van der Waals surface area contributed by atoms with E-state index in [1.54, 1.807) is 0 Å². The lowest BCUT2D eigenvalue weighted by Crippen LogP contribution is -2.43. The van der Waals surface area contributed by atoms with Crippen LogP contribution in [0.2, 0.25) is 0 Å². The fourth-order valence-electron chi connectivity index (χ4n) is 1.49. The quantitative estimate of drug-likeness (QED) is 0.209. The molecule has 0 saturated heterocycles. The summed E-state index contributed by atoms with van der Waals surface area (Å²) in [5.41, 5.74) is -12.4. The molecule has 0 aromatic rings. The van der Waals surface area contributed by atoms with Crippen molar-refractivity contribution in [3.8, 4) is 0 Å². The molecule has 0 rings (SSSR count). The Balaban J connectivity index is 0. The van der Waals surface area contributed by atoms with E-state index in [1.165, 1.54) is 19.3 Å². The van der Waals surface area contributed by atoms with Gasteiger partial charge in [0, 0.05) is 0 Å².